The SMILES string of the molecule is N=C(SC(=N)c1cccc(-c2cccc(C(F)(F)F)c2)n1)c1ccc(C(=N)SC(=N)c2cccc(-c3cccc(C(F)(F)F)c3)n2)cc1. The summed E-state index contributed by atoms with van der Waals surface area (Å²) < 4.78 is 79.0. The molecule has 0 radical (unpaired) electrons. The van der Waals surface area contributed by atoms with E-state index in [9.17, 15) is 26.3 Å². The molecule has 0 spiro atoms. The summed E-state index contributed by atoms with van der Waals surface area (Å²) in [6, 6.07) is 25.0. The highest BCUT2D eigenvalue weighted by Crippen LogP contribution is 2.33. The lowest BCUT2D eigenvalue weighted by Gasteiger charge is -2.11. The molecule has 48 heavy (non-hydrogen) atoms. The number of nitrogens with one attached hydrogen (secondary N) is 4. The van der Waals surface area contributed by atoms with E-state index in [1.807, 2.05) is 0 Å². The van der Waals surface area contributed by atoms with E-state index in [1.54, 1.807) is 36.4 Å². The van der Waals surface area contributed by atoms with Crippen LogP contribution in [0.25, 0.3) is 22.5 Å². The van der Waals surface area contributed by atoms with Crippen LogP contribution in [-0.2, 0) is 12.4 Å². The Morgan fingerprint density at radius 1 is 0.458 bits per heavy atom. The molecule has 2 heterocycles. The first-order valence-electron chi connectivity index (χ1n) is 13.8. The van der Waals surface area contributed by atoms with E-state index in [0.717, 1.165) is 47.8 Å². The minimum atomic E-state index is -4.51. The minimum Gasteiger partial charge on any atom is -0.293 e. The molecule has 3 aromatic carbocycles. The maximum absolute atomic E-state index is 13.2. The highest BCUT2D eigenvalue weighted by atomic mass is 32.2. The van der Waals surface area contributed by atoms with Crippen LogP contribution in [0.4, 0.5) is 26.3 Å². The van der Waals surface area contributed by atoms with Gasteiger partial charge in [-0.15, -0.1) is 0 Å². The quantitative estimate of drug-likeness (QED) is 0.0804. The van der Waals surface area contributed by atoms with Crippen molar-refractivity contribution in [2.45, 2.75) is 12.4 Å². The van der Waals surface area contributed by atoms with Crippen LogP contribution in [0.15, 0.2) is 109 Å². The molecule has 0 fully saturated rings. The van der Waals surface area contributed by atoms with Crippen LogP contribution in [0.2, 0.25) is 0 Å². The van der Waals surface area contributed by atoms with Gasteiger partial charge in [0.1, 0.15) is 20.2 Å². The summed E-state index contributed by atoms with van der Waals surface area (Å²) in [5.74, 6) is 0. The van der Waals surface area contributed by atoms with Gasteiger partial charge in [0.2, 0.25) is 0 Å². The van der Waals surface area contributed by atoms with Crippen molar-refractivity contribution < 1.29 is 26.3 Å². The molecule has 0 atom stereocenters. The van der Waals surface area contributed by atoms with Crippen molar-refractivity contribution in [3.8, 4) is 22.5 Å². The summed E-state index contributed by atoms with van der Waals surface area (Å²) in [5.41, 5.74) is 0.577. The average molecular weight is 693 g/mol. The zero-order chi connectivity index (χ0) is 34.6. The molecular formula is C34H22F6N6S2. The molecule has 0 aliphatic rings. The third-order valence-electron chi connectivity index (χ3n) is 6.75. The molecule has 6 nitrogen and oxygen atoms in total. The summed E-state index contributed by atoms with van der Waals surface area (Å²) in [6.45, 7) is 0. The second-order valence-electron chi connectivity index (χ2n) is 10.1. The van der Waals surface area contributed by atoms with Gasteiger partial charge < -0.3 is 0 Å². The van der Waals surface area contributed by atoms with Gasteiger partial charge in [-0.05, 0) is 72.1 Å². The molecular weight excluding hydrogens is 671 g/mol. The molecule has 0 unspecified atom stereocenters. The van der Waals surface area contributed by atoms with Crippen LogP contribution >= 0.6 is 23.5 Å². The standard InChI is InChI=1S/C34H22F6N6S2/c35-33(36,37)23-7-1-5-21(17-23)25-9-3-11-27(45-25)31(43)47-29(41)19-13-15-20(16-14-19)30(42)48-32(44)28-12-4-10-26(46-28)22-6-2-8-24(18-22)34(38,39)40/h1-18,41-44H. The predicted molar refractivity (Wildman–Crippen MR) is 178 cm³/mol. The zero-order valence-electron chi connectivity index (χ0n) is 24.4. The van der Waals surface area contributed by atoms with Crippen molar-refractivity contribution in [2.24, 2.45) is 0 Å². The van der Waals surface area contributed by atoms with E-state index in [2.05, 4.69) is 9.97 Å². The van der Waals surface area contributed by atoms with Gasteiger partial charge >= 0.3 is 12.4 Å². The summed E-state index contributed by atoms with van der Waals surface area (Å²) in [6.07, 6.45) is -9.02. The fraction of sp³-hybridized carbons (Fsp3) is 0.0588. The molecule has 0 aliphatic carbocycles. The Balaban J connectivity index is 1.22. The Bertz CT molecular complexity index is 1900. The molecule has 0 aliphatic heterocycles. The monoisotopic (exact) mass is 692 g/mol. The normalized spacial score (nSPS) is 11.6. The van der Waals surface area contributed by atoms with Gasteiger partial charge in [-0.1, -0.05) is 60.7 Å². The van der Waals surface area contributed by atoms with Crippen molar-refractivity contribution in [3.05, 3.63) is 143 Å². The Morgan fingerprint density at radius 2 is 0.812 bits per heavy atom. The first-order chi connectivity index (χ1) is 22.7. The third-order valence-corrected chi connectivity index (χ3v) is 8.46. The molecule has 0 bridgehead atoms. The van der Waals surface area contributed by atoms with Crippen LogP contribution in [0.1, 0.15) is 33.6 Å². The summed E-state index contributed by atoms with van der Waals surface area (Å²) >= 11 is 1.60. The number of halogens is 6. The van der Waals surface area contributed by atoms with Crippen molar-refractivity contribution in [3.63, 3.8) is 0 Å². The molecule has 5 rings (SSSR count). The topological polar surface area (TPSA) is 121 Å². The Morgan fingerprint density at radius 3 is 1.17 bits per heavy atom. The first kappa shape index (κ1) is 34.3. The van der Waals surface area contributed by atoms with E-state index >= 15 is 0 Å². The lowest BCUT2D eigenvalue weighted by molar-refractivity contribution is -0.138. The highest BCUT2D eigenvalue weighted by Gasteiger charge is 2.31. The fourth-order valence-corrected chi connectivity index (χ4v) is 5.71. The first-order valence-corrected chi connectivity index (χ1v) is 15.4. The van der Waals surface area contributed by atoms with Crippen LogP contribution in [-0.4, -0.2) is 30.1 Å². The van der Waals surface area contributed by atoms with Crippen LogP contribution in [0.3, 0.4) is 0 Å². The van der Waals surface area contributed by atoms with Gasteiger partial charge in [-0.2, -0.15) is 26.3 Å². The van der Waals surface area contributed by atoms with Gasteiger partial charge in [0.25, 0.3) is 0 Å². The molecule has 2 aromatic heterocycles. The van der Waals surface area contributed by atoms with Crippen LogP contribution in [0.5, 0.6) is 0 Å². The van der Waals surface area contributed by atoms with Crippen LogP contribution in [0, 0.1) is 21.6 Å². The molecule has 14 heteroatoms. The second-order valence-corrected chi connectivity index (χ2v) is 12.1. The molecule has 0 amide bonds. The van der Waals surface area contributed by atoms with Crippen molar-refractivity contribution in [1.82, 2.24) is 9.97 Å². The van der Waals surface area contributed by atoms with Gasteiger partial charge in [-0.3, -0.25) is 21.6 Å². The number of benzene rings is 3. The van der Waals surface area contributed by atoms with Gasteiger partial charge in [-0.25, -0.2) is 9.97 Å². The number of thioether (sulfide) groups is 2. The summed E-state index contributed by atoms with van der Waals surface area (Å²) in [4.78, 5) is 8.66. The zero-order valence-corrected chi connectivity index (χ0v) is 26.0. The van der Waals surface area contributed by atoms with E-state index < -0.39 is 23.5 Å². The highest BCUT2D eigenvalue weighted by molar-refractivity contribution is 8.27. The number of hydrogen-bond acceptors (Lipinski definition) is 8. The van der Waals surface area contributed by atoms with Gasteiger partial charge in [0.15, 0.2) is 0 Å². The van der Waals surface area contributed by atoms with Crippen molar-refractivity contribution >= 4 is 43.7 Å². The van der Waals surface area contributed by atoms with Gasteiger partial charge in [0, 0.05) is 22.3 Å². The second kappa shape index (κ2) is 14.0. The number of alkyl halides is 6. The number of pyridine rings is 2. The maximum Gasteiger partial charge on any atom is 0.416 e. The third kappa shape index (κ3) is 8.25. The van der Waals surface area contributed by atoms with Crippen molar-refractivity contribution in [2.75, 3.05) is 0 Å². The Hall–Kier alpha value is -5.08. The number of hydrogen-bond donors (Lipinski definition) is 4. The Kier molecular flexibility index (Phi) is 9.96. The summed E-state index contributed by atoms with van der Waals surface area (Å²) in [5, 5.41) is 33.7. The fourth-order valence-electron chi connectivity index (χ4n) is 4.35. The number of nitrogens with zero attached hydrogens (tertiary/aromatic N) is 2. The van der Waals surface area contributed by atoms with E-state index in [0.29, 0.717) is 11.1 Å². The lowest BCUT2D eigenvalue weighted by atomic mass is 10.1. The molecule has 242 valence electrons. The Labute approximate surface area is 278 Å². The van der Waals surface area contributed by atoms with Crippen LogP contribution < -0.4 is 0 Å². The number of aromatic nitrogens is 2. The van der Waals surface area contributed by atoms with Gasteiger partial charge in [0.05, 0.1) is 33.9 Å². The molecule has 0 saturated heterocycles. The maximum atomic E-state index is 13.2. The molecule has 4 N–H and O–H groups in total. The summed E-state index contributed by atoms with van der Waals surface area (Å²) in [7, 11) is 0. The largest absolute Gasteiger partial charge is 0.416 e. The van der Waals surface area contributed by atoms with E-state index in [-0.39, 0.29) is 54.1 Å². The van der Waals surface area contributed by atoms with E-state index in [1.165, 1.54) is 48.5 Å². The molecule has 5 aromatic rings. The average Bonchev–Trinajstić information content (AvgIpc) is 3.07. The number of rotatable bonds is 6. The predicted octanol–water partition coefficient (Wildman–Crippen LogP) is 10.0. The smallest absolute Gasteiger partial charge is 0.293 e. The lowest BCUT2D eigenvalue weighted by Crippen LogP contribution is -2.06. The molecule has 0 saturated carbocycles. The van der Waals surface area contributed by atoms with Crippen molar-refractivity contribution in [1.29, 1.82) is 21.6 Å². The minimum absolute atomic E-state index is 0.000330. The van der Waals surface area contributed by atoms with E-state index in [4.69, 9.17) is 21.6 Å².